The van der Waals surface area contributed by atoms with Crippen LogP contribution in [-0.2, 0) is 11.2 Å². The summed E-state index contributed by atoms with van der Waals surface area (Å²) in [5.41, 5.74) is 1.99. The number of imidazole rings is 1. The van der Waals surface area contributed by atoms with Crippen LogP contribution in [0.25, 0.3) is 11.0 Å². The molecular formula is C21H33N5O2. The van der Waals surface area contributed by atoms with Gasteiger partial charge in [0.25, 0.3) is 0 Å². The van der Waals surface area contributed by atoms with E-state index in [0.717, 1.165) is 56.0 Å². The maximum atomic E-state index is 12.3. The molecule has 0 aliphatic carbocycles. The molecule has 1 aliphatic heterocycles. The molecular weight excluding hydrogens is 354 g/mol. The van der Waals surface area contributed by atoms with E-state index in [1.807, 2.05) is 24.3 Å². The van der Waals surface area contributed by atoms with Gasteiger partial charge in [-0.15, -0.1) is 0 Å². The number of para-hydroxylation sites is 2. The van der Waals surface area contributed by atoms with Gasteiger partial charge < -0.3 is 20.4 Å². The van der Waals surface area contributed by atoms with Gasteiger partial charge in [-0.3, -0.25) is 4.90 Å². The third kappa shape index (κ3) is 5.45. The number of carbonyl (C=O) groups is 1. The SMILES string of the molecule is CCC(CC)C(CNC(=O)NCCc1nc2ccccc2[nH]1)N1CCOCC1. The smallest absolute Gasteiger partial charge is 0.314 e. The molecule has 7 nitrogen and oxygen atoms in total. The van der Waals surface area contributed by atoms with Crippen LogP contribution in [0.4, 0.5) is 4.79 Å². The first-order valence-corrected chi connectivity index (χ1v) is 10.5. The van der Waals surface area contributed by atoms with Crippen molar-refractivity contribution in [1.82, 2.24) is 25.5 Å². The van der Waals surface area contributed by atoms with Crippen molar-refractivity contribution in [2.45, 2.75) is 39.2 Å². The highest BCUT2D eigenvalue weighted by Crippen LogP contribution is 2.19. The van der Waals surface area contributed by atoms with E-state index >= 15 is 0 Å². The average Bonchev–Trinajstić information content (AvgIpc) is 3.14. The molecule has 1 fully saturated rings. The lowest BCUT2D eigenvalue weighted by atomic mass is 9.92. The monoisotopic (exact) mass is 387 g/mol. The van der Waals surface area contributed by atoms with Gasteiger partial charge in [0.1, 0.15) is 5.82 Å². The Kier molecular flexibility index (Phi) is 7.68. The van der Waals surface area contributed by atoms with Gasteiger partial charge in [-0.05, 0) is 18.1 Å². The lowest BCUT2D eigenvalue weighted by molar-refractivity contribution is 0.00238. The Morgan fingerprint density at radius 3 is 2.68 bits per heavy atom. The zero-order valence-electron chi connectivity index (χ0n) is 17.0. The van der Waals surface area contributed by atoms with E-state index in [2.05, 4.69) is 39.3 Å². The number of nitrogens with zero attached hydrogens (tertiary/aromatic N) is 2. The molecule has 1 aromatic heterocycles. The summed E-state index contributed by atoms with van der Waals surface area (Å²) in [6.07, 6.45) is 2.92. The largest absolute Gasteiger partial charge is 0.379 e. The number of hydrogen-bond acceptors (Lipinski definition) is 4. The molecule has 2 heterocycles. The number of morpholine rings is 1. The summed E-state index contributed by atoms with van der Waals surface area (Å²) in [5, 5.41) is 6.03. The molecule has 0 saturated carbocycles. The molecule has 0 bridgehead atoms. The quantitative estimate of drug-likeness (QED) is 0.618. The van der Waals surface area contributed by atoms with Gasteiger partial charge in [-0.1, -0.05) is 38.8 Å². The number of H-pyrrole nitrogens is 1. The molecule has 1 aromatic carbocycles. The Morgan fingerprint density at radius 2 is 1.96 bits per heavy atom. The van der Waals surface area contributed by atoms with Gasteiger partial charge in [-0.2, -0.15) is 0 Å². The van der Waals surface area contributed by atoms with Crippen LogP contribution in [0.2, 0.25) is 0 Å². The fourth-order valence-electron chi connectivity index (χ4n) is 4.01. The number of carbonyl (C=O) groups excluding carboxylic acids is 1. The fourth-order valence-corrected chi connectivity index (χ4v) is 4.01. The highest BCUT2D eigenvalue weighted by Gasteiger charge is 2.27. The predicted octanol–water partition coefficient (Wildman–Crippen LogP) is 2.54. The standard InChI is InChI=1S/C21H33N5O2/c1-3-16(4-2)19(26-11-13-28-14-12-26)15-23-21(27)22-10-9-20-24-17-7-5-6-8-18(17)25-20/h5-8,16,19H,3-4,9-15H2,1-2H3,(H,24,25)(H2,22,23,27). The number of benzene rings is 1. The normalized spacial score (nSPS) is 16.4. The zero-order valence-corrected chi connectivity index (χ0v) is 17.0. The molecule has 2 amide bonds. The van der Waals surface area contributed by atoms with Crippen LogP contribution < -0.4 is 10.6 Å². The number of fused-ring (bicyclic) bond motifs is 1. The second-order valence-corrected chi connectivity index (χ2v) is 7.38. The molecule has 0 radical (unpaired) electrons. The molecule has 0 spiro atoms. The van der Waals surface area contributed by atoms with E-state index in [1.165, 1.54) is 0 Å². The minimum absolute atomic E-state index is 0.111. The van der Waals surface area contributed by atoms with E-state index in [9.17, 15) is 4.79 Å². The van der Waals surface area contributed by atoms with Crippen molar-refractivity contribution in [2.24, 2.45) is 5.92 Å². The summed E-state index contributed by atoms with van der Waals surface area (Å²) in [6, 6.07) is 8.21. The van der Waals surface area contributed by atoms with Crippen molar-refractivity contribution in [3.63, 3.8) is 0 Å². The van der Waals surface area contributed by atoms with Gasteiger partial charge in [-0.25, -0.2) is 9.78 Å². The van der Waals surface area contributed by atoms with Gasteiger partial charge in [0, 0.05) is 38.6 Å². The van der Waals surface area contributed by atoms with Crippen LogP contribution in [0.1, 0.15) is 32.5 Å². The highest BCUT2D eigenvalue weighted by atomic mass is 16.5. The maximum absolute atomic E-state index is 12.3. The number of amides is 2. The second-order valence-electron chi connectivity index (χ2n) is 7.38. The Balaban J connectivity index is 1.45. The third-order valence-electron chi connectivity index (χ3n) is 5.67. The number of nitrogens with one attached hydrogen (secondary N) is 3. The molecule has 1 atom stereocenters. The van der Waals surface area contributed by atoms with Crippen LogP contribution in [0.3, 0.4) is 0 Å². The predicted molar refractivity (Wildman–Crippen MR) is 111 cm³/mol. The molecule has 1 saturated heterocycles. The average molecular weight is 388 g/mol. The van der Waals surface area contributed by atoms with Crippen LogP contribution in [0, 0.1) is 5.92 Å². The Bertz CT molecular complexity index is 704. The minimum Gasteiger partial charge on any atom is -0.379 e. The van der Waals surface area contributed by atoms with Gasteiger partial charge in [0.2, 0.25) is 0 Å². The minimum atomic E-state index is -0.111. The topological polar surface area (TPSA) is 82.3 Å². The van der Waals surface area contributed by atoms with E-state index in [1.54, 1.807) is 0 Å². The fraction of sp³-hybridized carbons (Fsp3) is 0.619. The van der Waals surface area contributed by atoms with Crippen molar-refractivity contribution in [3.05, 3.63) is 30.1 Å². The summed E-state index contributed by atoms with van der Waals surface area (Å²) in [7, 11) is 0. The lowest BCUT2D eigenvalue weighted by Crippen LogP contribution is -2.53. The van der Waals surface area contributed by atoms with Crippen LogP contribution >= 0.6 is 0 Å². The summed E-state index contributed by atoms with van der Waals surface area (Å²) in [6.45, 7) is 9.12. The number of hydrogen-bond donors (Lipinski definition) is 3. The summed E-state index contributed by atoms with van der Waals surface area (Å²) in [5.74, 6) is 1.47. The second kappa shape index (κ2) is 10.4. The molecule has 154 valence electrons. The van der Waals surface area contributed by atoms with Crippen molar-refractivity contribution in [3.8, 4) is 0 Å². The zero-order chi connectivity index (χ0) is 19.8. The summed E-state index contributed by atoms with van der Waals surface area (Å²) < 4.78 is 5.49. The first kappa shape index (κ1) is 20.6. The molecule has 1 unspecified atom stereocenters. The molecule has 2 aromatic rings. The van der Waals surface area contributed by atoms with Gasteiger partial charge in [0.05, 0.1) is 24.2 Å². The molecule has 3 rings (SSSR count). The van der Waals surface area contributed by atoms with Crippen LogP contribution in [-0.4, -0.2) is 66.3 Å². The van der Waals surface area contributed by atoms with E-state index in [4.69, 9.17) is 4.74 Å². The van der Waals surface area contributed by atoms with E-state index < -0.39 is 0 Å². The molecule has 1 aliphatic rings. The van der Waals surface area contributed by atoms with Crippen molar-refractivity contribution >= 4 is 17.1 Å². The Morgan fingerprint density at radius 1 is 1.21 bits per heavy atom. The molecule has 28 heavy (non-hydrogen) atoms. The number of aromatic amines is 1. The number of rotatable bonds is 9. The van der Waals surface area contributed by atoms with E-state index in [0.29, 0.717) is 31.5 Å². The summed E-state index contributed by atoms with van der Waals surface area (Å²) >= 11 is 0. The number of urea groups is 1. The van der Waals surface area contributed by atoms with Crippen LogP contribution in [0.15, 0.2) is 24.3 Å². The molecule has 7 heteroatoms. The first-order chi connectivity index (χ1) is 13.7. The highest BCUT2D eigenvalue weighted by molar-refractivity contribution is 5.75. The van der Waals surface area contributed by atoms with Crippen molar-refractivity contribution in [1.29, 1.82) is 0 Å². The first-order valence-electron chi connectivity index (χ1n) is 10.5. The lowest BCUT2D eigenvalue weighted by Gasteiger charge is -2.38. The van der Waals surface area contributed by atoms with Crippen molar-refractivity contribution in [2.75, 3.05) is 39.4 Å². The van der Waals surface area contributed by atoms with Gasteiger partial charge >= 0.3 is 6.03 Å². The number of aromatic nitrogens is 2. The van der Waals surface area contributed by atoms with Crippen molar-refractivity contribution < 1.29 is 9.53 Å². The van der Waals surface area contributed by atoms with Gasteiger partial charge in [0.15, 0.2) is 0 Å². The van der Waals surface area contributed by atoms with Crippen LogP contribution in [0.5, 0.6) is 0 Å². The third-order valence-corrected chi connectivity index (χ3v) is 5.67. The Labute approximate surface area is 167 Å². The maximum Gasteiger partial charge on any atom is 0.314 e. The number of ether oxygens (including phenoxy) is 1. The Hall–Kier alpha value is -2.12. The summed E-state index contributed by atoms with van der Waals surface area (Å²) in [4.78, 5) is 22.6. The molecule has 3 N–H and O–H groups in total. The van der Waals surface area contributed by atoms with E-state index in [-0.39, 0.29) is 6.03 Å².